The second kappa shape index (κ2) is 8.78. The van der Waals surface area contributed by atoms with Crippen LogP contribution in [0.3, 0.4) is 0 Å². The van der Waals surface area contributed by atoms with Crippen molar-refractivity contribution in [1.29, 1.82) is 0 Å². The normalized spacial score (nSPS) is 18.8. The van der Waals surface area contributed by atoms with Crippen LogP contribution in [0, 0.1) is 5.82 Å². The fourth-order valence-electron chi connectivity index (χ4n) is 4.55. The van der Waals surface area contributed by atoms with Crippen molar-refractivity contribution in [3.8, 4) is 5.69 Å². The largest absolute Gasteiger partial charge is 0.375 e. The molecular weight excluding hydrogens is 419 g/mol. The minimum absolute atomic E-state index is 0.120. The van der Waals surface area contributed by atoms with Crippen LogP contribution in [-0.4, -0.2) is 40.1 Å². The molecule has 2 fully saturated rings. The number of nitrogens with zero attached hydrogens (tertiary/aromatic N) is 4. The highest BCUT2D eigenvalue weighted by Crippen LogP contribution is 2.44. The van der Waals surface area contributed by atoms with E-state index in [9.17, 15) is 4.79 Å². The van der Waals surface area contributed by atoms with Gasteiger partial charge in [-0.05, 0) is 68.9 Å². The van der Waals surface area contributed by atoms with Gasteiger partial charge in [0.15, 0.2) is 5.82 Å². The lowest BCUT2D eigenvalue weighted by Crippen LogP contribution is -2.41. The molecule has 0 unspecified atom stereocenters. The number of rotatable bonds is 6. The highest BCUT2D eigenvalue weighted by Gasteiger charge is 2.30. The molecule has 3 aromatic rings. The van der Waals surface area contributed by atoms with Gasteiger partial charge in [0.1, 0.15) is 0 Å². The Morgan fingerprint density at radius 1 is 1.27 bits per heavy atom. The van der Waals surface area contributed by atoms with E-state index in [1.807, 2.05) is 42.1 Å². The zero-order chi connectivity index (χ0) is 23.1. The molecule has 6 nitrogen and oxygen atoms in total. The Balaban J connectivity index is 1.54. The molecule has 1 atom stereocenters. The number of hydrogen-bond acceptors (Lipinski definition) is 4. The number of hydrogen-bond donors (Lipinski definition) is 0. The third-order valence-corrected chi connectivity index (χ3v) is 6.55. The SMILES string of the molecule is CC(C)n1cc(Cc2cccn(-c3cc(N4CCO[C@H](C)C4)cc(C4CC4)c3F)c2=O)cn1. The first-order valence-electron chi connectivity index (χ1n) is 11.8. The number of aromatic nitrogens is 3. The fraction of sp³-hybridized carbons (Fsp3) is 0.462. The van der Waals surface area contributed by atoms with Crippen LogP contribution in [0.4, 0.5) is 10.1 Å². The molecule has 2 aliphatic rings. The molecule has 5 rings (SSSR count). The van der Waals surface area contributed by atoms with Crippen LogP contribution in [0.15, 0.2) is 47.7 Å². The van der Waals surface area contributed by atoms with Gasteiger partial charge in [-0.15, -0.1) is 0 Å². The van der Waals surface area contributed by atoms with Crippen LogP contribution < -0.4 is 10.5 Å². The molecule has 0 amide bonds. The van der Waals surface area contributed by atoms with Crippen molar-refractivity contribution in [2.24, 2.45) is 0 Å². The van der Waals surface area contributed by atoms with Crippen molar-refractivity contribution < 1.29 is 9.13 Å². The quantitative estimate of drug-likeness (QED) is 0.557. The first-order valence-corrected chi connectivity index (χ1v) is 11.8. The Hall–Kier alpha value is -2.93. The second-order valence-corrected chi connectivity index (χ2v) is 9.58. The third kappa shape index (κ3) is 4.47. The van der Waals surface area contributed by atoms with Gasteiger partial charge in [-0.1, -0.05) is 6.07 Å². The van der Waals surface area contributed by atoms with E-state index in [0.29, 0.717) is 24.3 Å². The zero-order valence-corrected chi connectivity index (χ0v) is 19.5. The maximum Gasteiger partial charge on any atom is 0.258 e. The van der Waals surface area contributed by atoms with Crippen LogP contribution in [0.25, 0.3) is 5.69 Å². The van der Waals surface area contributed by atoms with Crippen molar-refractivity contribution in [2.45, 2.75) is 58.1 Å². The first kappa shape index (κ1) is 21.9. The zero-order valence-electron chi connectivity index (χ0n) is 19.5. The van der Waals surface area contributed by atoms with E-state index in [1.54, 1.807) is 12.4 Å². The van der Waals surface area contributed by atoms with Gasteiger partial charge in [0.25, 0.3) is 5.56 Å². The van der Waals surface area contributed by atoms with E-state index in [0.717, 1.165) is 42.7 Å². The molecule has 1 aromatic carbocycles. The minimum atomic E-state index is -0.283. The van der Waals surface area contributed by atoms with Gasteiger partial charge in [0.05, 0.1) is 24.6 Å². The summed E-state index contributed by atoms with van der Waals surface area (Å²) in [5.41, 5.74) is 3.41. The summed E-state index contributed by atoms with van der Waals surface area (Å²) < 4.78 is 24.7. The van der Waals surface area contributed by atoms with Crippen molar-refractivity contribution in [3.63, 3.8) is 0 Å². The van der Waals surface area contributed by atoms with Crippen molar-refractivity contribution in [2.75, 3.05) is 24.6 Å². The number of pyridine rings is 1. The van der Waals surface area contributed by atoms with Crippen LogP contribution in [0.1, 0.15) is 62.3 Å². The Bertz CT molecular complexity index is 1210. The van der Waals surface area contributed by atoms with E-state index in [4.69, 9.17) is 4.74 Å². The van der Waals surface area contributed by atoms with Gasteiger partial charge in [0, 0.05) is 49.2 Å². The van der Waals surface area contributed by atoms with Gasteiger partial charge in [-0.2, -0.15) is 5.10 Å². The van der Waals surface area contributed by atoms with Gasteiger partial charge >= 0.3 is 0 Å². The van der Waals surface area contributed by atoms with Crippen molar-refractivity contribution in [3.05, 3.63) is 75.7 Å². The number of anilines is 1. The molecule has 1 aliphatic heterocycles. The van der Waals surface area contributed by atoms with Crippen LogP contribution >= 0.6 is 0 Å². The number of halogens is 1. The molecule has 1 saturated heterocycles. The summed E-state index contributed by atoms with van der Waals surface area (Å²) in [7, 11) is 0. The molecule has 1 aliphatic carbocycles. The van der Waals surface area contributed by atoms with Crippen LogP contribution in [0.2, 0.25) is 0 Å². The van der Waals surface area contributed by atoms with Gasteiger partial charge in [-0.25, -0.2) is 4.39 Å². The standard InChI is InChI=1S/C26H31FN4O2/c1-17(2)31-16-19(14-28-31)11-21-5-4-8-30(26(21)32)24-13-22(29-9-10-33-18(3)15-29)12-23(25(24)27)20-6-7-20/h4-5,8,12-14,16-18,20H,6-7,9-11,15H2,1-3H3/t18-/m1/s1. The number of benzene rings is 1. The molecule has 7 heteroatoms. The van der Waals surface area contributed by atoms with E-state index in [-0.39, 0.29) is 29.4 Å². The van der Waals surface area contributed by atoms with Crippen LogP contribution in [-0.2, 0) is 11.2 Å². The molecule has 174 valence electrons. The molecule has 0 spiro atoms. The predicted molar refractivity (Wildman–Crippen MR) is 127 cm³/mol. The summed E-state index contributed by atoms with van der Waals surface area (Å²) in [6, 6.07) is 7.69. The van der Waals surface area contributed by atoms with E-state index in [1.165, 1.54) is 4.57 Å². The molecule has 1 saturated carbocycles. The lowest BCUT2D eigenvalue weighted by Gasteiger charge is -2.33. The topological polar surface area (TPSA) is 52.3 Å². The Morgan fingerprint density at radius 3 is 2.79 bits per heavy atom. The Labute approximate surface area is 193 Å². The third-order valence-electron chi connectivity index (χ3n) is 6.55. The molecule has 0 radical (unpaired) electrons. The average molecular weight is 451 g/mol. The summed E-state index contributed by atoms with van der Waals surface area (Å²) in [6.07, 6.45) is 8.00. The first-order chi connectivity index (χ1) is 15.9. The minimum Gasteiger partial charge on any atom is -0.375 e. The van der Waals surface area contributed by atoms with Crippen molar-refractivity contribution >= 4 is 5.69 Å². The summed E-state index contributed by atoms with van der Waals surface area (Å²) in [5.74, 6) is -0.0441. The van der Waals surface area contributed by atoms with Crippen LogP contribution in [0.5, 0.6) is 0 Å². The predicted octanol–water partition coefficient (Wildman–Crippen LogP) is 4.45. The molecule has 0 N–H and O–H groups in total. The molecule has 0 bridgehead atoms. The second-order valence-electron chi connectivity index (χ2n) is 9.58. The number of morpholine rings is 1. The number of ether oxygens (including phenoxy) is 1. The monoisotopic (exact) mass is 450 g/mol. The lowest BCUT2D eigenvalue weighted by atomic mass is 10.1. The van der Waals surface area contributed by atoms with Gasteiger partial charge in [0.2, 0.25) is 0 Å². The molecule has 33 heavy (non-hydrogen) atoms. The highest BCUT2D eigenvalue weighted by molar-refractivity contribution is 5.58. The summed E-state index contributed by atoms with van der Waals surface area (Å²) in [5, 5.41) is 4.38. The molecule has 3 heterocycles. The summed E-state index contributed by atoms with van der Waals surface area (Å²) >= 11 is 0. The van der Waals surface area contributed by atoms with Crippen molar-refractivity contribution in [1.82, 2.24) is 14.3 Å². The van der Waals surface area contributed by atoms with Gasteiger partial charge in [-0.3, -0.25) is 14.0 Å². The summed E-state index contributed by atoms with van der Waals surface area (Å²) in [6.45, 7) is 8.33. The lowest BCUT2D eigenvalue weighted by molar-refractivity contribution is 0.0532. The maximum atomic E-state index is 15.7. The van der Waals surface area contributed by atoms with Gasteiger partial charge < -0.3 is 9.64 Å². The Kier molecular flexibility index (Phi) is 5.83. The molecule has 2 aromatic heterocycles. The fourth-order valence-corrected chi connectivity index (χ4v) is 4.55. The average Bonchev–Trinajstić information content (AvgIpc) is 3.53. The Morgan fingerprint density at radius 2 is 2.09 bits per heavy atom. The smallest absolute Gasteiger partial charge is 0.258 e. The summed E-state index contributed by atoms with van der Waals surface area (Å²) in [4.78, 5) is 15.7. The highest BCUT2D eigenvalue weighted by atomic mass is 19.1. The van der Waals surface area contributed by atoms with E-state index in [2.05, 4.69) is 23.8 Å². The maximum absolute atomic E-state index is 15.7. The molecular formula is C26H31FN4O2. The van der Waals surface area contributed by atoms with E-state index < -0.39 is 0 Å². The van der Waals surface area contributed by atoms with E-state index >= 15 is 4.39 Å².